The Balaban J connectivity index is 1.19. The minimum atomic E-state index is -3.05. The summed E-state index contributed by atoms with van der Waals surface area (Å²) in [7, 11) is 0. The Morgan fingerprint density at radius 2 is 0.954 bits per heavy atom. The molecular weight excluding hydrogens is 817 g/mol. The van der Waals surface area contributed by atoms with Gasteiger partial charge in [-0.1, -0.05) is 100 Å². The molecule has 10 nitrogen and oxygen atoms in total. The summed E-state index contributed by atoms with van der Waals surface area (Å²) in [5.74, 6) is -3.05. The molecule has 4 aromatic rings. The summed E-state index contributed by atoms with van der Waals surface area (Å²) in [6, 6.07) is 27.2. The van der Waals surface area contributed by atoms with Crippen LogP contribution in [0.15, 0.2) is 109 Å². The molecule has 0 bridgehead atoms. The second kappa shape index (κ2) is 22.9. The lowest BCUT2D eigenvalue weighted by Gasteiger charge is -2.42. The lowest BCUT2D eigenvalue weighted by Crippen LogP contribution is -2.57. The summed E-state index contributed by atoms with van der Waals surface area (Å²) in [6.45, 7) is 4.38. The molecule has 2 fully saturated rings. The number of allylic oxidation sites excluding steroid dienone is 1. The monoisotopic (exact) mass is 882 g/mol. The maximum absolute atomic E-state index is 14.2. The van der Waals surface area contributed by atoms with Crippen LogP contribution in [0.1, 0.15) is 120 Å². The Morgan fingerprint density at radius 3 is 1.34 bits per heavy atom. The average Bonchev–Trinajstić information content (AvgIpc) is 3.30. The van der Waals surface area contributed by atoms with Gasteiger partial charge in [0.25, 0.3) is 0 Å². The number of benzene rings is 4. The van der Waals surface area contributed by atoms with Gasteiger partial charge in [0.1, 0.15) is 11.5 Å². The van der Waals surface area contributed by atoms with Crippen LogP contribution in [0, 0.1) is 29.1 Å². The smallest absolute Gasteiger partial charge is 0.314 e. The summed E-state index contributed by atoms with van der Waals surface area (Å²) in [5.41, 5.74) is 13.7. The number of ketones is 2. The largest absolute Gasteiger partial charge is 0.426 e. The van der Waals surface area contributed by atoms with Crippen LogP contribution in [0.2, 0.25) is 0 Å². The molecule has 0 aliphatic heterocycles. The molecule has 2 aliphatic rings. The van der Waals surface area contributed by atoms with Crippen LogP contribution in [0.25, 0.3) is 12.2 Å². The van der Waals surface area contributed by atoms with Gasteiger partial charge in [0.15, 0.2) is 5.78 Å². The number of nitrogen functional groups attached to an aromatic ring is 2. The molecule has 65 heavy (non-hydrogen) atoms. The fourth-order valence-electron chi connectivity index (χ4n) is 9.62. The predicted molar refractivity (Wildman–Crippen MR) is 256 cm³/mol. The molecule has 2 aliphatic carbocycles. The van der Waals surface area contributed by atoms with Crippen LogP contribution >= 0.6 is 0 Å². The first-order chi connectivity index (χ1) is 31.2. The normalized spacial score (nSPS) is 19.3. The first-order valence-electron chi connectivity index (χ1n) is 23.5. The maximum Gasteiger partial charge on any atom is 0.314 e. The molecule has 0 heterocycles. The van der Waals surface area contributed by atoms with E-state index in [0.29, 0.717) is 57.0 Å². The van der Waals surface area contributed by atoms with E-state index in [2.05, 4.69) is 13.8 Å². The highest BCUT2D eigenvalue weighted by atomic mass is 16.5. The third-order valence-corrected chi connectivity index (χ3v) is 13.5. The molecule has 0 saturated heterocycles. The molecule has 10 heteroatoms. The van der Waals surface area contributed by atoms with Crippen molar-refractivity contribution in [1.82, 2.24) is 0 Å². The molecular formula is C55H66N2O8. The van der Waals surface area contributed by atoms with Crippen molar-refractivity contribution in [2.75, 3.05) is 11.5 Å². The minimum Gasteiger partial charge on any atom is -0.426 e. The number of rotatable bonds is 20. The summed E-state index contributed by atoms with van der Waals surface area (Å²) >= 11 is 0. The van der Waals surface area contributed by atoms with E-state index in [9.17, 15) is 29.4 Å². The van der Waals surface area contributed by atoms with Gasteiger partial charge in [-0.2, -0.15) is 0 Å². The number of carbonyl (C=O) groups is 4. The van der Waals surface area contributed by atoms with Crippen LogP contribution in [0.4, 0.5) is 11.4 Å². The van der Waals surface area contributed by atoms with Gasteiger partial charge in [-0.25, -0.2) is 0 Å². The van der Waals surface area contributed by atoms with Gasteiger partial charge >= 0.3 is 11.9 Å². The first-order valence-corrected chi connectivity index (χ1v) is 23.5. The molecule has 6 N–H and O–H groups in total. The van der Waals surface area contributed by atoms with E-state index < -0.39 is 29.2 Å². The Labute approximate surface area is 384 Å². The van der Waals surface area contributed by atoms with Gasteiger partial charge < -0.3 is 31.2 Å². The van der Waals surface area contributed by atoms with Gasteiger partial charge in [-0.05, 0) is 159 Å². The van der Waals surface area contributed by atoms with Crippen molar-refractivity contribution in [3.05, 3.63) is 131 Å². The van der Waals surface area contributed by atoms with E-state index in [0.717, 1.165) is 70.3 Å². The zero-order valence-corrected chi connectivity index (χ0v) is 38.0. The zero-order chi connectivity index (χ0) is 46.4. The van der Waals surface area contributed by atoms with E-state index in [1.54, 1.807) is 103 Å². The van der Waals surface area contributed by atoms with Crippen LogP contribution in [0.3, 0.4) is 0 Å². The van der Waals surface area contributed by atoms with Gasteiger partial charge in [-0.15, -0.1) is 0 Å². The first kappa shape index (κ1) is 48.6. The number of hydrogen-bond donors (Lipinski definition) is 4. The average molecular weight is 883 g/mol. The molecule has 0 amide bonds. The molecule has 6 rings (SSSR count). The van der Waals surface area contributed by atoms with Crippen molar-refractivity contribution in [2.24, 2.45) is 29.1 Å². The molecule has 0 atom stereocenters. The fraction of sp³-hybridized carbons (Fsp3) is 0.418. The second-order valence-corrected chi connectivity index (χ2v) is 18.5. The number of esters is 2. The Morgan fingerprint density at radius 1 is 0.569 bits per heavy atom. The summed E-state index contributed by atoms with van der Waals surface area (Å²) in [6.07, 6.45) is 17.1. The van der Waals surface area contributed by atoms with Crippen LogP contribution in [0.5, 0.6) is 11.5 Å². The van der Waals surface area contributed by atoms with Crippen LogP contribution in [-0.2, 0) is 32.0 Å². The number of anilines is 2. The van der Waals surface area contributed by atoms with Gasteiger partial charge in [0, 0.05) is 23.2 Å². The van der Waals surface area contributed by atoms with Crippen molar-refractivity contribution < 1.29 is 38.9 Å². The van der Waals surface area contributed by atoms with Crippen molar-refractivity contribution in [3.63, 3.8) is 0 Å². The van der Waals surface area contributed by atoms with Crippen LogP contribution < -0.4 is 20.9 Å². The highest BCUT2D eigenvalue weighted by Crippen LogP contribution is 2.43. The molecule has 0 aromatic heterocycles. The van der Waals surface area contributed by atoms with E-state index in [1.807, 2.05) is 0 Å². The van der Waals surface area contributed by atoms with Crippen molar-refractivity contribution >= 4 is 47.0 Å². The zero-order valence-electron chi connectivity index (χ0n) is 38.0. The third-order valence-electron chi connectivity index (χ3n) is 13.5. The molecule has 0 unspecified atom stereocenters. The van der Waals surface area contributed by atoms with E-state index >= 15 is 0 Å². The topological polar surface area (TPSA) is 179 Å². The van der Waals surface area contributed by atoms with Crippen molar-refractivity contribution in [3.8, 4) is 11.5 Å². The summed E-state index contributed by atoms with van der Waals surface area (Å²) < 4.78 is 11.4. The lowest BCUT2D eigenvalue weighted by molar-refractivity contribution is -0.230. The van der Waals surface area contributed by atoms with Crippen LogP contribution in [-0.4, -0.2) is 39.5 Å². The minimum absolute atomic E-state index is 0.0789. The standard InChI is InChI=1S/C55H66N2O8/c1-3-5-38-7-21-44(22-8-38)52(60)64-49-30-16-40(17-31-49)15-29-48(58)37-54(35-42-11-25-46(56)26-12-42,36-43-13-27-47(57)28-14-43)55(62,63)51(59)34-20-41-18-32-50(33-19-41)65-53(61)45-23-9-39(6-4-2)10-24-45/h11-20,25-34,38-39,44-45,62-63H,3-10,21-24,35-37,56-57H2,1-2H3. The molecule has 0 radical (unpaired) electrons. The molecule has 0 spiro atoms. The van der Waals surface area contributed by atoms with E-state index in [1.165, 1.54) is 25.0 Å². The van der Waals surface area contributed by atoms with Gasteiger partial charge in [-0.3, -0.25) is 19.2 Å². The predicted octanol–water partition coefficient (Wildman–Crippen LogP) is 10.3. The number of ether oxygens (including phenoxy) is 2. The second-order valence-electron chi connectivity index (χ2n) is 18.5. The SMILES string of the molecule is CCCC1CCC(C(=O)Oc2ccc(C=CC(=O)CC(Cc3ccc(N)cc3)(Cc3ccc(N)cc3)C(O)(O)C(=O)C=Cc3ccc(OC(=O)C4CCC(CCC)CC4)cc3)cc2)CC1. The Kier molecular flexibility index (Phi) is 17.1. The lowest BCUT2D eigenvalue weighted by atomic mass is 9.65. The van der Waals surface area contributed by atoms with E-state index in [4.69, 9.17) is 20.9 Å². The molecule has 4 aromatic carbocycles. The quantitative estimate of drug-likeness (QED) is 0.0219. The van der Waals surface area contributed by atoms with Gasteiger partial charge in [0.2, 0.25) is 11.6 Å². The highest BCUT2D eigenvalue weighted by Gasteiger charge is 2.54. The molecule has 2 saturated carbocycles. The Hall–Kier alpha value is -5.84. The van der Waals surface area contributed by atoms with E-state index in [-0.39, 0.29) is 36.6 Å². The summed E-state index contributed by atoms with van der Waals surface area (Å²) in [4.78, 5) is 54.1. The number of aliphatic hydroxyl groups is 2. The number of carbonyl (C=O) groups excluding carboxylic acids is 4. The fourth-order valence-corrected chi connectivity index (χ4v) is 9.62. The summed E-state index contributed by atoms with van der Waals surface area (Å²) in [5, 5.41) is 24.4. The third kappa shape index (κ3) is 13.6. The van der Waals surface area contributed by atoms with Crippen molar-refractivity contribution in [1.29, 1.82) is 0 Å². The van der Waals surface area contributed by atoms with Crippen molar-refractivity contribution in [2.45, 2.75) is 116 Å². The van der Waals surface area contributed by atoms with Gasteiger partial charge in [0.05, 0.1) is 11.8 Å². The number of nitrogens with two attached hydrogens (primary N) is 2. The maximum atomic E-state index is 14.2. The number of hydrogen-bond acceptors (Lipinski definition) is 10. The Bertz CT molecular complexity index is 2200. The molecule has 344 valence electrons. The highest BCUT2D eigenvalue weighted by molar-refractivity contribution is 6.01.